The lowest BCUT2D eigenvalue weighted by Crippen LogP contribution is -2.47. The summed E-state index contributed by atoms with van der Waals surface area (Å²) in [5.41, 5.74) is 0. The van der Waals surface area contributed by atoms with Gasteiger partial charge < -0.3 is 15.3 Å². The van der Waals surface area contributed by atoms with Crippen molar-refractivity contribution in [3.8, 4) is 0 Å². The fraction of sp³-hybridized carbons (Fsp3) is 0.818. The van der Waals surface area contributed by atoms with Crippen LogP contribution in [0.2, 0.25) is 0 Å². The minimum absolute atomic E-state index is 0.0203. The van der Waals surface area contributed by atoms with Gasteiger partial charge in [-0.25, -0.2) is 4.79 Å². The molecule has 0 aromatic rings. The summed E-state index contributed by atoms with van der Waals surface area (Å²) in [5, 5.41) is 11.4. The summed E-state index contributed by atoms with van der Waals surface area (Å²) in [5.74, 6) is 1.22. The molecule has 1 aliphatic rings. The van der Waals surface area contributed by atoms with Crippen LogP contribution in [-0.4, -0.2) is 52.6 Å². The number of aliphatic carboxylic acids is 1. The number of carbonyl (C=O) groups is 2. The lowest BCUT2D eigenvalue weighted by Gasteiger charge is -2.28. The van der Waals surface area contributed by atoms with Crippen LogP contribution < -0.4 is 5.32 Å². The van der Waals surface area contributed by atoms with Crippen molar-refractivity contribution in [3.63, 3.8) is 0 Å². The lowest BCUT2D eigenvalue weighted by atomic mass is 10.1. The summed E-state index contributed by atoms with van der Waals surface area (Å²) in [7, 11) is 0. The number of rotatable bonds is 5. The Labute approximate surface area is 106 Å². The monoisotopic (exact) mass is 260 g/mol. The number of urea groups is 1. The second kappa shape index (κ2) is 7.42. The fourth-order valence-electron chi connectivity index (χ4n) is 1.70. The van der Waals surface area contributed by atoms with Crippen molar-refractivity contribution in [3.05, 3.63) is 0 Å². The summed E-state index contributed by atoms with van der Waals surface area (Å²) in [6, 6.07) is 0.0181. The maximum Gasteiger partial charge on any atom is 0.317 e. The number of amides is 2. The topological polar surface area (TPSA) is 69.6 Å². The largest absolute Gasteiger partial charge is 0.481 e. The molecule has 0 aromatic heterocycles. The third-order valence-electron chi connectivity index (χ3n) is 2.70. The third-order valence-corrected chi connectivity index (χ3v) is 3.64. The smallest absolute Gasteiger partial charge is 0.317 e. The van der Waals surface area contributed by atoms with Gasteiger partial charge in [0, 0.05) is 37.1 Å². The zero-order chi connectivity index (χ0) is 12.7. The summed E-state index contributed by atoms with van der Waals surface area (Å²) in [6.07, 6.45) is 1.48. The number of hydrogen-bond acceptors (Lipinski definition) is 3. The maximum absolute atomic E-state index is 11.8. The second-order valence-corrected chi connectivity index (χ2v) is 5.46. The molecule has 6 heteroatoms. The molecule has 17 heavy (non-hydrogen) atoms. The van der Waals surface area contributed by atoms with Gasteiger partial charge in [0.25, 0.3) is 0 Å². The highest BCUT2D eigenvalue weighted by atomic mass is 32.2. The van der Waals surface area contributed by atoms with Crippen molar-refractivity contribution in [1.29, 1.82) is 0 Å². The van der Waals surface area contributed by atoms with Crippen molar-refractivity contribution in [1.82, 2.24) is 10.2 Å². The van der Waals surface area contributed by atoms with Crippen molar-refractivity contribution < 1.29 is 14.7 Å². The Kier molecular flexibility index (Phi) is 6.18. The zero-order valence-electron chi connectivity index (χ0n) is 10.1. The highest BCUT2D eigenvalue weighted by Gasteiger charge is 2.17. The number of hydrogen-bond donors (Lipinski definition) is 2. The van der Waals surface area contributed by atoms with Crippen LogP contribution in [0.25, 0.3) is 0 Å². The van der Waals surface area contributed by atoms with Crippen molar-refractivity contribution in [2.75, 3.05) is 24.6 Å². The first-order valence-electron chi connectivity index (χ1n) is 5.94. The van der Waals surface area contributed by atoms with Crippen LogP contribution in [0.4, 0.5) is 4.79 Å². The van der Waals surface area contributed by atoms with E-state index in [1.807, 2.05) is 23.6 Å². The molecule has 0 aliphatic carbocycles. The molecule has 98 valence electrons. The molecule has 1 atom stereocenters. The van der Waals surface area contributed by atoms with Gasteiger partial charge in [0.15, 0.2) is 0 Å². The quantitative estimate of drug-likeness (QED) is 0.783. The number of carboxylic acid groups (broad SMARTS) is 1. The molecule has 2 N–H and O–H groups in total. The molecule has 0 radical (unpaired) electrons. The molecule has 0 aromatic carbocycles. The molecule has 1 fully saturated rings. The van der Waals surface area contributed by atoms with Crippen molar-refractivity contribution >= 4 is 23.8 Å². The van der Waals surface area contributed by atoms with Gasteiger partial charge in [0.1, 0.15) is 0 Å². The van der Waals surface area contributed by atoms with E-state index in [0.717, 1.165) is 24.6 Å². The number of carboxylic acids is 1. The Bertz CT molecular complexity index is 267. The number of carbonyl (C=O) groups excluding carboxylic acids is 1. The van der Waals surface area contributed by atoms with Gasteiger partial charge in [-0.2, -0.15) is 11.8 Å². The first kappa shape index (κ1) is 14.2. The van der Waals surface area contributed by atoms with Crippen LogP contribution in [0.15, 0.2) is 0 Å². The third kappa shape index (κ3) is 5.81. The molecule has 0 saturated carbocycles. The van der Waals surface area contributed by atoms with Crippen LogP contribution in [0.1, 0.15) is 26.2 Å². The van der Waals surface area contributed by atoms with E-state index in [2.05, 4.69) is 5.32 Å². The molecule has 0 spiro atoms. The SMILES string of the molecule is CC(CCCC(=O)O)NC(=O)N1CCSCC1. The van der Waals surface area contributed by atoms with Gasteiger partial charge in [-0.1, -0.05) is 0 Å². The van der Waals surface area contributed by atoms with Gasteiger partial charge >= 0.3 is 12.0 Å². The molecular weight excluding hydrogens is 240 g/mol. The Morgan fingerprint density at radius 3 is 2.65 bits per heavy atom. The Morgan fingerprint density at radius 2 is 2.06 bits per heavy atom. The van der Waals surface area contributed by atoms with Crippen LogP contribution in [0.3, 0.4) is 0 Å². The molecule has 1 rings (SSSR count). The standard InChI is InChI=1S/C11H20N2O3S/c1-9(3-2-4-10(14)15)12-11(16)13-5-7-17-8-6-13/h9H,2-8H2,1H3,(H,12,16)(H,14,15). The molecular formula is C11H20N2O3S. The van der Waals surface area contributed by atoms with Gasteiger partial charge in [0.2, 0.25) is 0 Å². The Morgan fingerprint density at radius 1 is 1.41 bits per heavy atom. The van der Waals surface area contributed by atoms with E-state index < -0.39 is 5.97 Å². The Balaban J connectivity index is 2.18. The van der Waals surface area contributed by atoms with Gasteiger partial charge in [-0.05, 0) is 19.8 Å². The van der Waals surface area contributed by atoms with E-state index >= 15 is 0 Å². The minimum Gasteiger partial charge on any atom is -0.481 e. The lowest BCUT2D eigenvalue weighted by molar-refractivity contribution is -0.137. The highest BCUT2D eigenvalue weighted by molar-refractivity contribution is 7.99. The molecule has 1 heterocycles. The molecule has 1 unspecified atom stereocenters. The van der Waals surface area contributed by atoms with E-state index in [9.17, 15) is 9.59 Å². The van der Waals surface area contributed by atoms with Gasteiger partial charge in [0.05, 0.1) is 0 Å². The van der Waals surface area contributed by atoms with Crippen molar-refractivity contribution in [2.45, 2.75) is 32.2 Å². The molecule has 5 nitrogen and oxygen atoms in total. The van der Waals surface area contributed by atoms with Crippen LogP contribution in [0, 0.1) is 0 Å². The van der Waals surface area contributed by atoms with Crippen molar-refractivity contribution in [2.24, 2.45) is 0 Å². The Hall–Kier alpha value is -0.910. The zero-order valence-corrected chi connectivity index (χ0v) is 11.0. The fourth-order valence-corrected chi connectivity index (χ4v) is 2.60. The number of nitrogens with one attached hydrogen (secondary N) is 1. The van der Waals surface area contributed by atoms with E-state index in [-0.39, 0.29) is 18.5 Å². The first-order valence-corrected chi connectivity index (χ1v) is 7.10. The summed E-state index contributed by atoms with van der Waals surface area (Å²) in [6.45, 7) is 3.52. The molecule has 1 saturated heterocycles. The summed E-state index contributed by atoms with van der Waals surface area (Å²) < 4.78 is 0. The predicted octanol–water partition coefficient (Wildman–Crippen LogP) is 1.39. The van der Waals surface area contributed by atoms with E-state index in [1.54, 1.807) is 0 Å². The van der Waals surface area contributed by atoms with E-state index in [0.29, 0.717) is 12.8 Å². The van der Waals surface area contributed by atoms with Crippen LogP contribution in [0.5, 0.6) is 0 Å². The minimum atomic E-state index is -0.781. The maximum atomic E-state index is 11.8. The average Bonchev–Trinajstić information content (AvgIpc) is 2.29. The number of thioether (sulfide) groups is 1. The average molecular weight is 260 g/mol. The van der Waals surface area contributed by atoms with Crippen LogP contribution >= 0.6 is 11.8 Å². The summed E-state index contributed by atoms with van der Waals surface area (Å²) in [4.78, 5) is 24.0. The van der Waals surface area contributed by atoms with Gasteiger partial charge in [-0.15, -0.1) is 0 Å². The summed E-state index contributed by atoms with van der Waals surface area (Å²) >= 11 is 1.87. The highest BCUT2D eigenvalue weighted by Crippen LogP contribution is 2.09. The van der Waals surface area contributed by atoms with Gasteiger partial charge in [-0.3, -0.25) is 4.79 Å². The molecule has 0 bridgehead atoms. The van der Waals surface area contributed by atoms with E-state index in [1.165, 1.54) is 0 Å². The predicted molar refractivity (Wildman–Crippen MR) is 68.4 cm³/mol. The first-order chi connectivity index (χ1) is 8.09. The van der Waals surface area contributed by atoms with Crippen LogP contribution in [-0.2, 0) is 4.79 Å². The number of nitrogens with zero attached hydrogens (tertiary/aromatic N) is 1. The van der Waals surface area contributed by atoms with E-state index in [4.69, 9.17) is 5.11 Å². The normalized spacial score (nSPS) is 17.6. The second-order valence-electron chi connectivity index (χ2n) is 4.24. The molecule has 2 amide bonds. The molecule has 1 aliphatic heterocycles.